The summed E-state index contributed by atoms with van der Waals surface area (Å²) in [5, 5.41) is 16.7. The van der Waals surface area contributed by atoms with E-state index in [4.69, 9.17) is 10.0 Å². The van der Waals surface area contributed by atoms with Gasteiger partial charge in [0.15, 0.2) is 0 Å². The van der Waals surface area contributed by atoms with Crippen molar-refractivity contribution < 1.29 is 72.0 Å². The quantitative estimate of drug-likeness (QED) is 0.554. The first-order chi connectivity index (χ1) is 8.00. The first-order valence-electron chi connectivity index (χ1n) is 4.32. The Kier molecular flexibility index (Phi) is 6.22. The van der Waals surface area contributed by atoms with E-state index in [2.05, 4.69) is 4.65 Å². The van der Waals surface area contributed by atoms with Crippen LogP contribution in [0.5, 0.6) is 5.75 Å². The fourth-order valence-corrected chi connectivity index (χ4v) is 1.12. The van der Waals surface area contributed by atoms with Gasteiger partial charge in [-0.25, -0.2) is 0 Å². The van der Waals surface area contributed by atoms with Gasteiger partial charge in [-0.05, 0) is 18.2 Å². The van der Waals surface area contributed by atoms with Crippen molar-refractivity contribution in [2.75, 3.05) is 0 Å². The Bertz CT molecular complexity index is 407. The summed E-state index contributed by atoms with van der Waals surface area (Å²) < 4.78 is 78.0. The van der Waals surface area contributed by atoms with E-state index in [1.165, 1.54) is 0 Å². The monoisotopic (exact) mass is 298 g/mol. The van der Waals surface area contributed by atoms with Gasteiger partial charge in [-0.15, -0.1) is 0 Å². The van der Waals surface area contributed by atoms with Gasteiger partial charge in [-0.1, -0.05) is 0 Å². The first kappa shape index (κ1) is 18.6. The normalized spacial score (nSPS) is 11.8. The van der Waals surface area contributed by atoms with E-state index in [1.54, 1.807) is 0 Å². The SMILES string of the molecule is OB(O)Oc1cc(C(F)(F)F)cc(C(F)(F)F)c1.[H-].[Na+]. The third kappa shape index (κ3) is 5.61. The Morgan fingerprint density at radius 2 is 1.26 bits per heavy atom. The molecule has 0 radical (unpaired) electrons. The summed E-state index contributed by atoms with van der Waals surface area (Å²) in [5.74, 6) is -0.952. The summed E-state index contributed by atoms with van der Waals surface area (Å²) >= 11 is 0. The van der Waals surface area contributed by atoms with Crippen LogP contribution in [0.2, 0.25) is 0 Å². The Labute approximate surface area is 127 Å². The van der Waals surface area contributed by atoms with Crippen molar-refractivity contribution in [3.05, 3.63) is 29.3 Å². The molecule has 3 nitrogen and oxygen atoms in total. The van der Waals surface area contributed by atoms with Gasteiger partial charge >= 0.3 is 49.2 Å². The van der Waals surface area contributed by atoms with Crippen molar-refractivity contribution in [3.8, 4) is 5.75 Å². The van der Waals surface area contributed by atoms with Gasteiger partial charge in [0.05, 0.1) is 11.1 Å². The molecule has 0 saturated carbocycles. The second kappa shape index (κ2) is 6.36. The predicted octanol–water partition coefficient (Wildman–Crippen LogP) is -0.811. The molecule has 11 heteroatoms. The Hall–Kier alpha value is -0.415. The molecule has 0 amide bonds. The van der Waals surface area contributed by atoms with Gasteiger partial charge in [0, 0.05) is 0 Å². The molecule has 0 heterocycles. The van der Waals surface area contributed by atoms with Crippen LogP contribution in [0.1, 0.15) is 12.6 Å². The minimum absolute atomic E-state index is 0. The van der Waals surface area contributed by atoms with Crippen LogP contribution < -0.4 is 34.2 Å². The standard InChI is InChI=1S/C8H5BF6O3.Na.H/c10-7(11,12)4-1-5(8(13,14)15)3-6(2-4)18-9(16)17;;/h1-3,16-17H;;/q;+1;-1. The molecular weight excluding hydrogens is 292 g/mol. The van der Waals surface area contributed by atoms with Crippen LogP contribution in [-0.2, 0) is 12.4 Å². The molecule has 0 unspecified atom stereocenters. The van der Waals surface area contributed by atoms with Crippen molar-refractivity contribution in [1.29, 1.82) is 0 Å². The topological polar surface area (TPSA) is 49.7 Å². The first-order valence-corrected chi connectivity index (χ1v) is 4.32. The minimum atomic E-state index is -5.01. The fourth-order valence-electron chi connectivity index (χ4n) is 1.12. The van der Waals surface area contributed by atoms with Crippen molar-refractivity contribution in [2.45, 2.75) is 12.4 Å². The molecule has 0 fully saturated rings. The van der Waals surface area contributed by atoms with E-state index in [9.17, 15) is 26.3 Å². The smallest absolute Gasteiger partial charge is 1.00 e. The molecule has 2 N–H and O–H groups in total. The molecule has 0 aliphatic rings. The average molecular weight is 298 g/mol. The number of alkyl halides is 6. The summed E-state index contributed by atoms with van der Waals surface area (Å²) in [6, 6.07) is 0.361. The molecular formula is C8H6BF6NaO3. The maximum atomic E-state index is 12.3. The van der Waals surface area contributed by atoms with Gasteiger partial charge in [-0.2, -0.15) is 26.3 Å². The van der Waals surface area contributed by atoms with E-state index in [0.29, 0.717) is 0 Å². The number of rotatable bonds is 2. The molecule has 0 aliphatic carbocycles. The molecule has 0 aliphatic heterocycles. The maximum Gasteiger partial charge on any atom is 1.00 e. The summed E-state index contributed by atoms with van der Waals surface area (Å²) in [5.41, 5.74) is -3.21. The van der Waals surface area contributed by atoms with Gasteiger partial charge in [0.2, 0.25) is 0 Å². The molecule has 0 saturated heterocycles. The van der Waals surface area contributed by atoms with Crippen LogP contribution in [0.4, 0.5) is 26.3 Å². The molecule has 0 atom stereocenters. The number of benzene rings is 1. The Morgan fingerprint density at radius 1 is 0.895 bits per heavy atom. The van der Waals surface area contributed by atoms with Gasteiger partial charge in [0.1, 0.15) is 5.75 Å². The van der Waals surface area contributed by atoms with E-state index >= 15 is 0 Å². The van der Waals surface area contributed by atoms with Crippen molar-refractivity contribution in [1.82, 2.24) is 0 Å². The molecule has 19 heavy (non-hydrogen) atoms. The predicted molar refractivity (Wildman–Crippen MR) is 48.4 cm³/mol. The van der Waals surface area contributed by atoms with Crippen LogP contribution in [-0.4, -0.2) is 17.4 Å². The van der Waals surface area contributed by atoms with Crippen LogP contribution >= 0.6 is 0 Å². The second-order valence-electron chi connectivity index (χ2n) is 3.19. The minimum Gasteiger partial charge on any atom is -1.00 e. The zero-order chi connectivity index (χ0) is 14.1. The van der Waals surface area contributed by atoms with Crippen molar-refractivity contribution in [2.24, 2.45) is 0 Å². The van der Waals surface area contributed by atoms with Gasteiger partial charge in [-0.3, -0.25) is 0 Å². The molecule has 1 aromatic carbocycles. The molecule has 102 valence electrons. The van der Waals surface area contributed by atoms with E-state index in [-0.39, 0.29) is 49.2 Å². The number of hydrogen-bond acceptors (Lipinski definition) is 3. The summed E-state index contributed by atoms with van der Waals surface area (Å²) in [7, 11) is -2.52. The van der Waals surface area contributed by atoms with Gasteiger partial charge in [0.25, 0.3) is 0 Å². The number of halogens is 6. The summed E-state index contributed by atoms with van der Waals surface area (Å²) in [6.45, 7) is 0. The van der Waals surface area contributed by atoms with Crippen molar-refractivity contribution >= 4 is 7.32 Å². The van der Waals surface area contributed by atoms with Crippen LogP contribution in [0, 0.1) is 0 Å². The number of hydrogen-bond donors (Lipinski definition) is 2. The third-order valence-electron chi connectivity index (χ3n) is 1.80. The summed E-state index contributed by atoms with van der Waals surface area (Å²) in [6.07, 6.45) is -10.0. The fraction of sp³-hybridized carbons (Fsp3) is 0.250. The van der Waals surface area contributed by atoms with Crippen molar-refractivity contribution in [3.63, 3.8) is 0 Å². The van der Waals surface area contributed by atoms with Crippen LogP contribution in [0.3, 0.4) is 0 Å². The average Bonchev–Trinajstić information content (AvgIpc) is 2.13. The van der Waals surface area contributed by atoms with Gasteiger partial charge < -0.3 is 16.1 Å². The molecule has 1 aromatic rings. The molecule has 0 spiro atoms. The maximum absolute atomic E-state index is 12.3. The molecule has 1 rings (SSSR count). The zero-order valence-electron chi connectivity index (χ0n) is 10.4. The second-order valence-corrected chi connectivity index (χ2v) is 3.19. The van der Waals surface area contributed by atoms with Crippen LogP contribution in [0.25, 0.3) is 0 Å². The largest absolute Gasteiger partial charge is 1.00 e. The Morgan fingerprint density at radius 3 is 1.53 bits per heavy atom. The van der Waals surface area contributed by atoms with E-state index in [1.807, 2.05) is 0 Å². The third-order valence-corrected chi connectivity index (χ3v) is 1.80. The molecule has 0 aromatic heterocycles. The van der Waals surface area contributed by atoms with E-state index < -0.39 is 36.6 Å². The Balaban J connectivity index is 0. The van der Waals surface area contributed by atoms with Crippen LogP contribution in [0.15, 0.2) is 18.2 Å². The summed E-state index contributed by atoms with van der Waals surface area (Å²) in [4.78, 5) is 0. The zero-order valence-corrected chi connectivity index (χ0v) is 11.4. The molecule has 0 bridgehead atoms. The van der Waals surface area contributed by atoms with E-state index in [0.717, 1.165) is 0 Å².